The van der Waals surface area contributed by atoms with E-state index >= 15 is 0 Å². The van der Waals surface area contributed by atoms with Crippen LogP contribution < -0.4 is 5.32 Å². The van der Waals surface area contributed by atoms with Crippen LogP contribution in [0.1, 0.15) is 5.69 Å². The number of benzene rings is 1. The molecule has 0 spiro atoms. The molecule has 3 aromatic rings. The minimum atomic E-state index is -0.291. The molecule has 0 atom stereocenters. The number of nitrogens with one attached hydrogen (secondary N) is 1. The van der Waals surface area contributed by atoms with Gasteiger partial charge in [-0.25, -0.2) is 14.4 Å². The van der Waals surface area contributed by atoms with E-state index in [0.717, 1.165) is 10.6 Å². The molecule has 1 amide bonds. The van der Waals surface area contributed by atoms with Crippen molar-refractivity contribution in [2.75, 3.05) is 5.32 Å². The van der Waals surface area contributed by atoms with Crippen LogP contribution in [0.5, 0.6) is 0 Å². The summed E-state index contributed by atoms with van der Waals surface area (Å²) in [7, 11) is 0. The van der Waals surface area contributed by atoms with Crippen molar-refractivity contribution in [3.8, 4) is 10.6 Å². The van der Waals surface area contributed by atoms with Crippen LogP contribution in [0, 0.1) is 5.82 Å². The fraction of sp³-hybridized carbons (Fsp3) is 0.0625. The lowest BCUT2D eigenvalue weighted by atomic mass is 10.2. The number of anilines is 1. The van der Waals surface area contributed by atoms with Crippen molar-refractivity contribution < 1.29 is 9.18 Å². The van der Waals surface area contributed by atoms with Crippen LogP contribution in [0.2, 0.25) is 5.02 Å². The molecule has 0 radical (unpaired) electrons. The van der Waals surface area contributed by atoms with Gasteiger partial charge in [-0.05, 0) is 36.4 Å². The molecule has 116 valence electrons. The Hall–Kier alpha value is -2.31. The summed E-state index contributed by atoms with van der Waals surface area (Å²) in [5.41, 5.74) is 1.48. The van der Waals surface area contributed by atoms with Crippen LogP contribution in [0.3, 0.4) is 0 Å². The number of aromatic nitrogens is 2. The lowest BCUT2D eigenvalue weighted by Crippen LogP contribution is -2.15. The van der Waals surface area contributed by atoms with Gasteiger partial charge in [-0.3, -0.25) is 4.79 Å². The maximum Gasteiger partial charge on any atom is 0.231 e. The Kier molecular flexibility index (Phi) is 4.64. The molecular weight excluding hydrogens is 337 g/mol. The van der Waals surface area contributed by atoms with Gasteiger partial charge in [0.15, 0.2) is 0 Å². The Balaban J connectivity index is 1.65. The standard InChI is InChI=1S/C16H11ClFN3OS/c17-11-3-6-14(19-8-11)21-15(22)7-13-9-23-16(20-13)10-1-4-12(18)5-2-10/h1-6,8-9H,7H2,(H,19,21,22). The normalized spacial score (nSPS) is 10.5. The third kappa shape index (κ3) is 4.12. The van der Waals surface area contributed by atoms with E-state index < -0.39 is 0 Å². The van der Waals surface area contributed by atoms with Crippen molar-refractivity contribution in [1.29, 1.82) is 0 Å². The number of thiazole rings is 1. The van der Waals surface area contributed by atoms with Gasteiger partial charge in [-0.2, -0.15) is 0 Å². The van der Waals surface area contributed by atoms with Crippen molar-refractivity contribution in [3.05, 3.63) is 64.5 Å². The van der Waals surface area contributed by atoms with Gasteiger partial charge in [0.25, 0.3) is 0 Å². The molecule has 0 unspecified atom stereocenters. The number of hydrogen-bond donors (Lipinski definition) is 1. The number of hydrogen-bond acceptors (Lipinski definition) is 4. The van der Waals surface area contributed by atoms with Gasteiger partial charge in [-0.15, -0.1) is 11.3 Å². The first kappa shape index (κ1) is 15.6. The molecule has 0 fully saturated rings. The van der Waals surface area contributed by atoms with Gasteiger partial charge in [0.2, 0.25) is 5.91 Å². The highest BCUT2D eigenvalue weighted by molar-refractivity contribution is 7.13. The zero-order chi connectivity index (χ0) is 16.2. The van der Waals surface area contributed by atoms with Crippen LogP contribution in [0.15, 0.2) is 48.0 Å². The number of carbonyl (C=O) groups excluding carboxylic acids is 1. The first-order valence-corrected chi connectivity index (χ1v) is 7.98. The second kappa shape index (κ2) is 6.85. The molecule has 4 nitrogen and oxygen atoms in total. The zero-order valence-corrected chi connectivity index (χ0v) is 13.4. The summed E-state index contributed by atoms with van der Waals surface area (Å²) in [6.07, 6.45) is 1.61. The fourth-order valence-electron chi connectivity index (χ4n) is 1.91. The molecule has 0 saturated heterocycles. The predicted octanol–water partition coefficient (Wildman–Crippen LogP) is 4.18. The highest BCUT2D eigenvalue weighted by Crippen LogP contribution is 2.24. The molecule has 0 aliphatic carbocycles. The average Bonchev–Trinajstić information content (AvgIpc) is 2.98. The maximum atomic E-state index is 12.9. The number of pyridine rings is 1. The van der Waals surface area contributed by atoms with Crippen LogP contribution in [-0.4, -0.2) is 15.9 Å². The molecule has 3 rings (SSSR count). The molecule has 1 aromatic carbocycles. The molecule has 0 bridgehead atoms. The molecule has 0 aliphatic heterocycles. The monoisotopic (exact) mass is 347 g/mol. The highest BCUT2D eigenvalue weighted by Gasteiger charge is 2.10. The van der Waals surface area contributed by atoms with E-state index in [0.29, 0.717) is 16.5 Å². The quantitative estimate of drug-likeness (QED) is 0.770. The summed E-state index contributed by atoms with van der Waals surface area (Å²) in [5, 5.41) is 5.75. The van der Waals surface area contributed by atoms with Crippen molar-refractivity contribution in [1.82, 2.24) is 9.97 Å². The maximum absolute atomic E-state index is 12.9. The summed E-state index contributed by atoms with van der Waals surface area (Å²) < 4.78 is 12.9. The third-order valence-electron chi connectivity index (χ3n) is 2.98. The number of carbonyl (C=O) groups is 1. The van der Waals surface area contributed by atoms with E-state index in [1.54, 1.807) is 24.3 Å². The largest absolute Gasteiger partial charge is 0.310 e. The zero-order valence-electron chi connectivity index (χ0n) is 11.8. The number of halogens is 2. The molecular formula is C16H11ClFN3OS. The van der Waals surface area contributed by atoms with E-state index in [1.165, 1.54) is 29.7 Å². The minimum absolute atomic E-state index is 0.141. The predicted molar refractivity (Wildman–Crippen MR) is 89.1 cm³/mol. The molecule has 1 N–H and O–H groups in total. The van der Waals surface area contributed by atoms with E-state index in [1.807, 2.05) is 5.38 Å². The van der Waals surface area contributed by atoms with Crippen LogP contribution >= 0.6 is 22.9 Å². The second-order valence-corrected chi connectivity index (χ2v) is 6.03. The van der Waals surface area contributed by atoms with Gasteiger partial charge in [-0.1, -0.05) is 11.6 Å². The van der Waals surface area contributed by atoms with E-state index in [-0.39, 0.29) is 18.1 Å². The Labute approximate surface area is 141 Å². The van der Waals surface area contributed by atoms with Gasteiger partial charge < -0.3 is 5.32 Å². The number of amides is 1. The topological polar surface area (TPSA) is 54.9 Å². The van der Waals surface area contributed by atoms with Gasteiger partial charge in [0, 0.05) is 17.1 Å². The van der Waals surface area contributed by atoms with Crippen LogP contribution in [0.4, 0.5) is 10.2 Å². The summed E-state index contributed by atoms with van der Waals surface area (Å²) >= 11 is 7.15. The molecule has 0 saturated carbocycles. The molecule has 7 heteroatoms. The van der Waals surface area contributed by atoms with E-state index in [4.69, 9.17) is 11.6 Å². The van der Waals surface area contributed by atoms with Crippen molar-refractivity contribution in [2.45, 2.75) is 6.42 Å². The highest BCUT2D eigenvalue weighted by atomic mass is 35.5. The molecule has 2 heterocycles. The van der Waals surface area contributed by atoms with E-state index in [2.05, 4.69) is 15.3 Å². The summed E-state index contributed by atoms with van der Waals surface area (Å²) in [4.78, 5) is 20.4. The van der Waals surface area contributed by atoms with E-state index in [9.17, 15) is 9.18 Å². The van der Waals surface area contributed by atoms with Gasteiger partial charge in [0.1, 0.15) is 16.6 Å². The van der Waals surface area contributed by atoms with Crippen molar-refractivity contribution >= 4 is 34.7 Å². The van der Waals surface area contributed by atoms with Gasteiger partial charge in [0.05, 0.1) is 17.1 Å². The Bertz CT molecular complexity index is 818. The van der Waals surface area contributed by atoms with Gasteiger partial charge >= 0.3 is 0 Å². The van der Waals surface area contributed by atoms with Crippen molar-refractivity contribution in [3.63, 3.8) is 0 Å². The third-order valence-corrected chi connectivity index (χ3v) is 4.14. The van der Waals surface area contributed by atoms with Crippen molar-refractivity contribution in [2.24, 2.45) is 0 Å². The summed E-state index contributed by atoms with van der Waals surface area (Å²) in [6, 6.07) is 9.38. The summed E-state index contributed by atoms with van der Waals surface area (Å²) in [6.45, 7) is 0. The smallest absolute Gasteiger partial charge is 0.231 e. The minimum Gasteiger partial charge on any atom is -0.310 e. The van der Waals surface area contributed by atoms with Crippen LogP contribution in [-0.2, 0) is 11.2 Å². The SMILES string of the molecule is O=C(Cc1csc(-c2ccc(F)cc2)n1)Nc1ccc(Cl)cn1. The van der Waals surface area contributed by atoms with Crippen LogP contribution in [0.25, 0.3) is 10.6 Å². The first-order valence-electron chi connectivity index (χ1n) is 6.72. The fourth-order valence-corrected chi connectivity index (χ4v) is 2.85. The Morgan fingerprint density at radius 2 is 2.00 bits per heavy atom. The lowest BCUT2D eigenvalue weighted by molar-refractivity contribution is -0.115. The molecule has 0 aliphatic rings. The summed E-state index contributed by atoms with van der Waals surface area (Å²) in [5.74, 6) is -0.0652. The molecule has 2 aromatic heterocycles. The Morgan fingerprint density at radius 1 is 1.22 bits per heavy atom. The Morgan fingerprint density at radius 3 is 2.70 bits per heavy atom. The number of nitrogens with zero attached hydrogens (tertiary/aromatic N) is 2. The number of rotatable bonds is 4. The second-order valence-electron chi connectivity index (χ2n) is 4.74. The first-order chi connectivity index (χ1) is 11.1. The lowest BCUT2D eigenvalue weighted by Gasteiger charge is -2.02. The molecule has 23 heavy (non-hydrogen) atoms. The average molecular weight is 348 g/mol.